The molecule has 0 amide bonds. The van der Waals surface area contributed by atoms with Crippen LogP contribution in [0.15, 0.2) is 48.7 Å². The van der Waals surface area contributed by atoms with Crippen molar-refractivity contribution in [3.8, 4) is 28.6 Å². The molecule has 2 aromatic heterocycles. The third kappa shape index (κ3) is 2.56. The monoisotopic (exact) mass is 273 g/mol. The highest BCUT2D eigenvalue weighted by molar-refractivity contribution is 5.81. The van der Waals surface area contributed by atoms with Gasteiger partial charge in [0, 0.05) is 11.8 Å². The molecule has 0 saturated carbocycles. The molecule has 21 heavy (non-hydrogen) atoms. The average Bonchev–Trinajstić information content (AvgIpc) is 2.91. The summed E-state index contributed by atoms with van der Waals surface area (Å²) in [5.41, 5.74) is 6.79. The number of hydrogen-bond donors (Lipinski definition) is 1. The van der Waals surface area contributed by atoms with Crippen LogP contribution in [0.1, 0.15) is 16.8 Å². The summed E-state index contributed by atoms with van der Waals surface area (Å²) in [6.07, 6.45) is 1.76. The van der Waals surface area contributed by atoms with Gasteiger partial charge in [-0.25, -0.2) is 0 Å². The van der Waals surface area contributed by atoms with Gasteiger partial charge in [-0.05, 0) is 49.7 Å². The predicted octanol–water partition coefficient (Wildman–Crippen LogP) is 4.23. The van der Waals surface area contributed by atoms with Crippen molar-refractivity contribution in [1.29, 1.82) is 5.26 Å². The molecule has 3 aromatic rings. The molecule has 0 aliphatic rings. The number of pyridine rings is 1. The van der Waals surface area contributed by atoms with Crippen LogP contribution in [0.5, 0.6) is 0 Å². The zero-order valence-electron chi connectivity index (χ0n) is 12.0. The number of benzene rings is 1. The van der Waals surface area contributed by atoms with Crippen LogP contribution in [0.2, 0.25) is 0 Å². The van der Waals surface area contributed by atoms with Gasteiger partial charge < -0.3 is 4.98 Å². The van der Waals surface area contributed by atoms with Crippen LogP contribution in [-0.2, 0) is 0 Å². The first kappa shape index (κ1) is 13.1. The van der Waals surface area contributed by atoms with Crippen molar-refractivity contribution in [2.75, 3.05) is 0 Å². The van der Waals surface area contributed by atoms with E-state index in [0.717, 1.165) is 22.5 Å². The Morgan fingerprint density at radius 3 is 2.43 bits per heavy atom. The lowest BCUT2D eigenvalue weighted by molar-refractivity contribution is 1.30. The summed E-state index contributed by atoms with van der Waals surface area (Å²) in [4.78, 5) is 7.60. The molecular weight excluding hydrogens is 258 g/mol. The van der Waals surface area contributed by atoms with Gasteiger partial charge in [0.2, 0.25) is 0 Å². The molecule has 0 saturated heterocycles. The SMILES string of the molecule is Cc1cc(C)cc(-c2[nH]c(C#N)cc2-c2ccccn2)c1. The summed E-state index contributed by atoms with van der Waals surface area (Å²) >= 11 is 0. The predicted molar refractivity (Wildman–Crippen MR) is 83.6 cm³/mol. The summed E-state index contributed by atoms with van der Waals surface area (Å²) < 4.78 is 0. The van der Waals surface area contributed by atoms with Crippen molar-refractivity contribution in [3.63, 3.8) is 0 Å². The first-order valence-electron chi connectivity index (χ1n) is 6.80. The normalized spacial score (nSPS) is 10.3. The summed E-state index contributed by atoms with van der Waals surface area (Å²) in [5, 5.41) is 9.18. The van der Waals surface area contributed by atoms with Crippen LogP contribution in [0.4, 0.5) is 0 Å². The van der Waals surface area contributed by atoms with Crippen LogP contribution in [0.3, 0.4) is 0 Å². The average molecular weight is 273 g/mol. The molecule has 3 rings (SSSR count). The molecule has 3 heteroatoms. The second kappa shape index (κ2) is 5.26. The van der Waals surface area contributed by atoms with Crippen molar-refractivity contribution < 1.29 is 0 Å². The molecule has 102 valence electrons. The van der Waals surface area contributed by atoms with Crippen LogP contribution < -0.4 is 0 Å². The van der Waals surface area contributed by atoms with Crippen molar-refractivity contribution in [2.24, 2.45) is 0 Å². The zero-order valence-corrected chi connectivity index (χ0v) is 12.0. The number of rotatable bonds is 2. The maximum Gasteiger partial charge on any atom is 0.118 e. The molecule has 0 spiro atoms. The topological polar surface area (TPSA) is 52.5 Å². The molecule has 1 N–H and O–H groups in total. The number of hydrogen-bond acceptors (Lipinski definition) is 2. The lowest BCUT2D eigenvalue weighted by Crippen LogP contribution is -1.87. The molecule has 0 aliphatic carbocycles. The molecule has 0 bridgehead atoms. The molecular formula is C18H15N3. The van der Waals surface area contributed by atoms with E-state index in [1.165, 1.54) is 11.1 Å². The van der Waals surface area contributed by atoms with E-state index in [-0.39, 0.29) is 0 Å². The van der Waals surface area contributed by atoms with Gasteiger partial charge in [0.1, 0.15) is 11.8 Å². The molecule has 0 aliphatic heterocycles. The van der Waals surface area contributed by atoms with Gasteiger partial charge in [0.05, 0.1) is 11.4 Å². The molecule has 3 nitrogen and oxygen atoms in total. The minimum absolute atomic E-state index is 0.546. The van der Waals surface area contributed by atoms with Crippen molar-refractivity contribution in [2.45, 2.75) is 13.8 Å². The fourth-order valence-electron chi connectivity index (χ4n) is 2.59. The van der Waals surface area contributed by atoms with Crippen molar-refractivity contribution in [3.05, 3.63) is 65.5 Å². The summed E-state index contributed by atoms with van der Waals surface area (Å²) in [6, 6.07) is 16.2. The molecule has 2 heterocycles. The highest BCUT2D eigenvalue weighted by Gasteiger charge is 2.13. The minimum Gasteiger partial charge on any atom is -0.346 e. The Morgan fingerprint density at radius 1 is 1.05 bits per heavy atom. The highest BCUT2D eigenvalue weighted by atomic mass is 14.8. The fourth-order valence-corrected chi connectivity index (χ4v) is 2.59. The number of aryl methyl sites for hydroxylation is 2. The fraction of sp³-hybridized carbons (Fsp3) is 0.111. The van der Waals surface area contributed by atoms with Gasteiger partial charge in [-0.2, -0.15) is 5.26 Å². The second-order valence-corrected chi connectivity index (χ2v) is 5.17. The lowest BCUT2D eigenvalue weighted by Gasteiger charge is -2.06. The molecule has 0 unspecified atom stereocenters. The quantitative estimate of drug-likeness (QED) is 0.759. The number of nitrogens with one attached hydrogen (secondary N) is 1. The van der Waals surface area contributed by atoms with Gasteiger partial charge in [-0.3, -0.25) is 4.98 Å². The number of nitrogens with zero attached hydrogens (tertiary/aromatic N) is 2. The Bertz CT molecular complexity index is 803. The van der Waals surface area contributed by atoms with Gasteiger partial charge in [-0.15, -0.1) is 0 Å². The van der Waals surface area contributed by atoms with E-state index in [1.54, 1.807) is 6.20 Å². The number of aromatic nitrogens is 2. The van der Waals surface area contributed by atoms with Crippen molar-refractivity contribution >= 4 is 0 Å². The summed E-state index contributed by atoms with van der Waals surface area (Å²) in [7, 11) is 0. The first-order valence-corrected chi connectivity index (χ1v) is 6.80. The van der Waals surface area contributed by atoms with Crippen molar-refractivity contribution in [1.82, 2.24) is 9.97 Å². The van der Waals surface area contributed by atoms with Crippen LogP contribution in [0, 0.1) is 25.2 Å². The Hall–Kier alpha value is -2.86. The summed E-state index contributed by atoms with van der Waals surface area (Å²) in [5.74, 6) is 0. The standard InChI is InChI=1S/C18H15N3/c1-12-7-13(2)9-14(8-12)18-16(10-15(11-19)21-18)17-5-3-4-6-20-17/h3-10,21H,1-2H3. The van der Waals surface area contributed by atoms with Crippen LogP contribution in [-0.4, -0.2) is 9.97 Å². The molecule has 0 fully saturated rings. The van der Waals surface area contributed by atoms with E-state index in [2.05, 4.69) is 48.1 Å². The number of H-pyrrole nitrogens is 1. The van der Waals surface area contributed by atoms with Gasteiger partial charge in [-0.1, -0.05) is 23.3 Å². The van der Waals surface area contributed by atoms with E-state index in [4.69, 9.17) is 0 Å². The minimum atomic E-state index is 0.546. The van der Waals surface area contributed by atoms with Crippen LogP contribution in [0.25, 0.3) is 22.5 Å². The Labute approximate surface area is 123 Å². The second-order valence-electron chi connectivity index (χ2n) is 5.17. The van der Waals surface area contributed by atoms with E-state index < -0.39 is 0 Å². The van der Waals surface area contributed by atoms with E-state index in [0.29, 0.717) is 5.69 Å². The van der Waals surface area contributed by atoms with Gasteiger partial charge in [0.25, 0.3) is 0 Å². The van der Waals surface area contributed by atoms with Gasteiger partial charge in [0.15, 0.2) is 0 Å². The maximum atomic E-state index is 9.18. The summed E-state index contributed by atoms with van der Waals surface area (Å²) in [6.45, 7) is 4.15. The molecule has 1 aromatic carbocycles. The third-order valence-electron chi connectivity index (χ3n) is 3.39. The largest absolute Gasteiger partial charge is 0.346 e. The Kier molecular flexibility index (Phi) is 3.29. The van der Waals surface area contributed by atoms with Crippen LogP contribution >= 0.6 is 0 Å². The zero-order chi connectivity index (χ0) is 14.8. The molecule has 0 atom stereocenters. The smallest absolute Gasteiger partial charge is 0.118 e. The Balaban J connectivity index is 2.23. The van der Waals surface area contributed by atoms with E-state index in [9.17, 15) is 5.26 Å². The highest BCUT2D eigenvalue weighted by Crippen LogP contribution is 2.32. The molecule has 0 radical (unpaired) electrons. The number of aromatic amines is 1. The van der Waals surface area contributed by atoms with E-state index in [1.807, 2.05) is 24.3 Å². The Morgan fingerprint density at radius 2 is 1.81 bits per heavy atom. The maximum absolute atomic E-state index is 9.18. The van der Waals surface area contributed by atoms with E-state index >= 15 is 0 Å². The first-order chi connectivity index (χ1) is 10.2. The van der Waals surface area contributed by atoms with Gasteiger partial charge >= 0.3 is 0 Å². The lowest BCUT2D eigenvalue weighted by atomic mass is 10.0. The number of nitriles is 1. The third-order valence-corrected chi connectivity index (χ3v) is 3.39.